The second-order valence-corrected chi connectivity index (χ2v) is 5.03. The molecule has 8 nitrogen and oxygen atoms in total. The van der Waals surface area contributed by atoms with E-state index in [1.54, 1.807) is 30.3 Å². The number of nitrogens with one attached hydrogen (secondary N) is 2. The van der Waals surface area contributed by atoms with Crippen LogP contribution in [0.1, 0.15) is 16.1 Å². The summed E-state index contributed by atoms with van der Waals surface area (Å²) in [6, 6.07) is 8.95. The fraction of sp³-hybridized carbons (Fsp3) is 0.0588. The Labute approximate surface area is 141 Å². The van der Waals surface area contributed by atoms with E-state index in [0.29, 0.717) is 16.9 Å². The van der Waals surface area contributed by atoms with E-state index in [1.807, 2.05) is 10.6 Å². The molecule has 0 spiro atoms. The van der Waals surface area contributed by atoms with E-state index in [-0.39, 0.29) is 11.3 Å². The summed E-state index contributed by atoms with van der Waals surface area (Å²) in [7, 11) is 1.28. The number of imide groups is 2. The molecule has 1 fully saturated rings. The van der Waals surface area contributed by atoms with Crippen molar-refractivity contribution in [3.8, 4) is 11.3 Å². The molecule has 1 aliphatic heterocycles. The first-order chi connectivity index (χ1) is 12.0. The van der Waals surface area contributed by atoms with Crippen LogP contribution in [0.2, 0.25) is 0 Å². The Hall–Kier alpha value is -3.68. The van der Waals surface area contributed by atoms with Crippen LogP contribution < -0.4 is 10.6 Å². The number of urea groups is 1. The van der Waals surface area contributed by atoms with Gasteiger partial charge in [-0.15, -0.1) is 0 Å². The molecule has 0 unspecified atom stereocenters. The quantitative estimate of drug-likeness (QED) is 0.497. The summed E-state index contributed by atoms with van der Waals surface area (Å²) in [5, 5.41) is 3.94. The average molecular weight is 340 g/mol. The van der Waals surface area contributed by atoms with Crippen LogP contribution in [0, 0.1) is 0 Å². The number of carbonyl (C=O) groups excluding carboxylic acids is 4. The van der Waals surface area contributed by atoms with Crippen molar-refractivity contribution in [2.75, 3.05) is 7.11 Å². The highest BCUT2D eigenvalue weighted by Crippen LogP contribution is 2.27. The van der Waals surface area contributed by atoms with Crippen molar-refractivity contribution in [2.45, 2.75) is 0 Å². The van der Waals surface area contributed by atoms with Crippen molar-refractivity contribution < 1.29 is 28.3 Å². The first kappa shape index (κ1) is 16.2. The van der Waals surface area contributed by atoms with Crippen molar-refractivity contribution >= 4 is 29.9 Å². The zero-order valence-corrected chi connectivity index (χ0v) is 13.0. The van der Waals surface area contributed by atoms with Gasteiger partial charge in [-0.1, -0.05) is 18.2 Å². The van der Waals surface area contributed by atoms with Crippen LogP contribution in [0.25, 0.3) is 17.4 Å². The molecule has 1 aromatic heterocycles. The van der Waals surface area contributed by atoms with Gasteiger partial charge in [-0.25, -0.2) is 9.59 Å². The highest BCUT2D eigenvalue weighted by Gasteiger charge is 2.28. The zero-order valence-electron chi connectivity index (χ0n) is 13.0. The number of esters is 1. The maximum atomic E-state index is 11.8. The van der Waals surface area contributed by atoms with Gasteiger partial charge in [-0.3, -0.25) is 20.2 Å². The lowest BCUT2D eigenvalue weighted by Gasteiger charge is -2.13. The molecule has 4 amide bonds. The predicted octanol–water partition coefficient (Wildman–Crippen LogP) is 1.48. The number of methoxy groups -OCH3 is 1. The SMILES string of the molecule is COC(=O)c1ccccc1-c1ccc(C=C2C(=O)NC(=O)NC2=O)o1. The Morgan fingerprint density at radius 3 is 2.40 bits per heavy atom. The van der Waals surface area contributed by atoms with Gasteiger partial charge in [-0.05, 0) is 24.3 Å². The maximum Gasteiger partial charge on any atom is 0.338 e. The smallest absolute Gasteiger partial charge is 0.338 e. The summed E-state index contributed by atoms with van der Waals surface area (Å²) >= 11 is 0. The Kier molecular flexibility index (Phi) is 4.17. The van der Waals surface area contributed by atoms with E-state index in [9.17, 15) is 19.2 Å². The third kappa shape index (κ3) is 3.18. The maximum absolute atomic E-state index is 11.8. The van der Waals surface area contributed by atoms with Gasteiger partial charge in [0.1, 0.15) is 17.1 Å². The molecule has 3 rings (SSSR count). The van der Waals surface area contributed by atoms with E-state index in [2.05, 4.69) is 0 Å². The average Bonchev–Trinajstić information content (AvgIpc) is 3.06. The van der Waals surface area contributed by atoms with Gasteiger partial charge in [0.15, 0.2) is 0 Å². The van der Waals surface area contributed by atoms with Gasteiger partial charge in [0.25, 0.3) is 11.8 Å². The molecule has 1 aromatic carbocycles. The molecule has 1 aliphatic rings. The molecule has 126 valence electrons. The van der Waals surface area contributed by atoms with E-state index in [0.717, 1.165) is 0 Å². The highest BCUT2D eigenvalue weighted by atomic mass is 16.5. The minimum Gasteiger partial charge on any atom is -0.465 e. The van der Waals surface area contributed by atoms with E-state index in [1.165, 1.54) is 19.3 Å². The molecule has 0 bridgehead atoms. The van der Waals surface area contributed by atoms with Gasteiger partial charge >= 0.3 is 12.0 Å². The van der Waals surface area contributed by atoms with Gasteiger partial charge in [0.05, 0.1) is 12.7 Å². The minimum absolute atomic E-state index is 0.212. The monoisotopic (exact) mass is 340 g/mol. The molecule has 0 aliphatic carbocycles. The number of carbonyl (C=O) groups is 4. The van der Waals surface area contributed by atoms with Gasteiger partial charge in [0, 0.05) is 5.56 Å². The number of hydrogen-bond acceptors (Lipinski definition) is 6. The Bertz CT molecular complexity index is 903. The van der Waals surface area contributed by atoms with Crippen LogP contribution in [0.4, 0.5) is 4.79 Å². The van der Waals surface area contributed by atoms with Crippen LogP contribution in [0.3, 0.4) is 0 Å². The van der Waals surface area contributed by atoms with Gasteiger partial charge in [0.2, 0.25) is 0 Å². The van der Waals surface area contributed by atoms with Crippen LogP contribution in [-0.4, -0.2) is 30.9 Å². The summed E-state index contributed by atoms with van der Waals surface area (Å²) in [6.45, 7) is 0. The predicted molar refractivity (Wildman–Crippen MR) is 85.1 cm³/mol. The summed E-state index contributed by atoms with van der Waals surface area (Å²) in [5.41, 5.74) is 0.561. The fourth-order valence-corrected chi connectivity index (χ4v) is 2.31. The number of rotatable bonds is 3. The zero-order chi connectivity index (χ0) is 18.0. The van der Waals surface area contributed by atoms with Crippen molar-refractivity contribution in [1.82, 2.24) is 10.6 Å². The number of ether oxygens (including phenoxy) is 1. The lowest BCUT2D eigenvalue weighted by molar-refractivity contribution is -0.123. The number of hydrogen-bond donors (Lipinski definition) is 2. The van der Waals surface area contributed by atoms with E-state index < -0.39 is 23.8 Å². The normalized spacial score (nSPS) is 14.0. The molecule has 0 saturated carbocycles. The molecular weight excluding hydrogens is 328 g/mol. The van der Waals surface area contributed by atoms with Gasteiger partial charge < -0.3 is 9.15 Å². The number of barbiturate groups is 1. The topological polar surface area (TPSA) is 115 Å². The Balaban J connectivity index is 1.95. The first-order valence-electron chi connectivity index (χ1n) is 7.15. The third-order valence-electron chi connectivity index (χ3n) is 3.45. The molecular formula is C17H12N2O6. The first-order valence-corrected chi connectivity index (χ1v) is 7.15. The van der Waals surface area contributed by atoms with Crippen LogP contribution in [-0.2, 0) is 14.3 Å². The minimum atomic E-state index is -0.876. The lowest BCUT2D eigenvalue weighted by Crippen LogP contribution is -2.51. The lowest BCUT2D eigenvalue weighted by atomic mass is 10.1. The molecule has 2 N–H and O–H groups in total. The molecule has 2 aromatic rings. The van der Waals surface area contributed by atoms with Crippen LogP contribution in [0.15, 0.2) is 46.4 Å². The number of amides is 4. The van der Waals surface area contributed by atoms with Crippen molar-refractivity contribution in [2.24, 2.45) is 0 Å². The molecule has 25 heavy (non-hydrogen) atoms. The van der Waals surface area contributed by atoms with Crippen molar-refractivity contribution in [3.63, 3.8) is 0 Å². The molecule has 8 heteroatoms. The van der Waals surface area contributed by atoms with Crippen molar-refractivity contribution in [3.05, 3.63) is 53.3 Å². The standard InChI is InChI=1S/C17H12N2O6/c1-24-16(22)11-5-3-2-4-10(11)13-7-6-9(25-13)8-12-14(20)18-17(23)19-15(12)21/h2-8H,1H3,(H2,18,19,20,21,23). The molecule has 1 saturated heterocycles. The number of furan rings is 1. The highest BCUT2D eigenvalue weighted by molar-refractivity contribution is 6.31. The summed E-state index contributed by atoms with van der Waals surface area (Å²) in [4.78, 5) is 46.3. The molecule has 2 heterocycles. The fourth-order valence-electron chi connectivity index (χ4n) is 2.31. The van der Waals surface area contributed by atoms with Crippen LogP contribution in [0.5, 0.6) is 0 Å². The molecule has 0 atom stereocenters. The second-order valence-electron chi connectivity index (χ2n) is 5.03. The van der Waals surface area contributed by atoms with E-state index >= 15 is 0 Å². The van der Waals surface area contributed by atoms with E-state index in [4.69, 9.17) is 9.15 Å². The Morgan fingerprint density at radius 1 is 1.04 bits per heavy atom. The Morgan fingerprint density at radius 2 is 1.72 bits per heavy atom. The summed E-state index contributed by atoms with van der Waals surface area (Å²) < 4.78 is 10.3. The summed E-state index contributed by atoms with van der Waals surface area (Å²) in [6.07, 6.45) is 1.21. The number of benzene rings is 1. The van der Waals surface area contributed by atoms with Crippen molar-refractivity contribution in [1.29, 1.82) is 0 Å². The molecule has 0 radical (unpaired) electrons. The largest absolute Gasteiger partial charge is 0.465 e. The third-order valence-corrected chi connectivity index (χ3v) is 3.45. The van der Waals surface area contributed by atoms with Gasteiger partial charge in [-0.2, -0.15) is 0 Å². The summed E-state index contributed by atoms with van der Waals surface area (Å²) in [5.74, 6) is -1.58. The van der Waals surface area contributed by atoms with Crippen LogP contribution >= 0.6 is 0 Å². The second kappa shape index (κ2) is 6.44.